The number of nitrogens with one attached hydrogen (secondary N) is 1. The van der Waals surface area contributed by atoms with Crippen LogP contribution in [0.5, 0.6) is 0 Å². The molecule has 1 aliphatic heterocycles. The second-order valence-electron chi connectivity index (χ2n) is 4.34. The third-order valence-corrected chi connectivity index (χ3v) is 3.80. The summed E-state index contributed by atoms with van der Waals surface area (Å²) in [5.74, 6) is 1.19. The van der Waals surface area contributed by atoms with Crippen LogP contribution in [0.3, 0.4) is 0 Å². The zero-order valence-electron chi connectivity index (χ0n) is 10.8. The molecule has 0 unspecified atom stereocenters. The molecule has 0 spiro atoms. The lowest BCUT2D eigenvalue weighted by Crippen LogP contribution is -2.18. The first-order valence-electron chi connectivity index (χ1n) is 6.03. The number of fused-ring (bicyclic) bond motifs is 2. The van der Waals surface area contributed by atoms with Crippen molar-refractivity contribution in [3.63, 3.8) is 0 Å². The fraction of sp³-hybridized carbons (Fsp3) is 0.143. The molecule has 1 aliphatic rings. The van der Waals surface area contributed by atoms with Gasteiger partial charge in [0.1, 0.15) is 5.82 Å². The summed E-state index contributed by atoms with van der Waals surface area (Å²) in [6.45, 7) is 0. The van der Waals surface area contributed by atoms with Gasteiger partial charge in [-0.2, -0.15) is 0 Å². The highest BCUT2D eigenvalue weighted by molar-refractivity contribution is 7.98. The number of pyridine rings is 1. The Labute approximate surface area is 126 Å². The largest absolute Gasteiger partial charge is 0.320 e. The van der Waals surface area contributed by atoms with Crippen molar-refractivity contribution in [3.05, 3.63) is 47.1 Å². The number of thioether (sulfide) groups is 1. The first kappa shape index (κ1) is 13.3. The molecular weight excluding hydrogens is 294 g/mol. The number of aromatic nitrogens is 1. The highest BCUT2D eigenvalue weighted by atomic mass is 35.5. The Hall–Kier alpha value is -1.72. The van der Waals surface area contributed by atoms with E-state index in [9.17, 15) is 4.79 Å². The Bertz CT molecular complexity index is 677. The van der Waals surface area contributed by atoms with Gasteiger partial charge in [0.2, 0.25) is 0 Å². The zero-order chi connectivity index (χ0) is 14.1. The lowest BCUT2D eigenvalue weighted by Gasteiger charge is -2.23. The fourth-order valence-corrected chi connectivity index (χ4v) is 2.87. The van der Waals surface area contributed by atoms with E-state index in [1.807, 2.05) is 23.3 Å². The summed E-state index contributed by atoms with van der Waals surface area (Å²) in [6, 6.07) is 8.96. The van der Waals surface area contributed by atoms with Crippen LogP contribution in [0.2, 0.25) is 5.02 Å². The van der Waals surface area contributed by atoms with Crippen molar-refractivity contribution in [3.8, 4) is 0 Å². The molecule has 0 bridgehead atoms. The Morgan fingerprint density at radius 3 is 3.05 bits per heavy atom. The molecule has 2 aromatic rings. The van der Waals surface area contributed by atoms with Crippen molar-refractivity contribution in [1.29, 1.82) is 0 Å². The van der Waals surface area contributed by atoms with E-state index in [1.165, 1.54) is 0 Å². The lowest BCUT2D eigenvalue weighted by molar-refractivity contribution is 0.102. The number of carbonyl (C=O) groups excluding carboxylic acids is 1. The van der Waals surface area contributed by atoms with E-state index in [4.69, 9.17) is 11.6 Å². The van der Waals surface area contributed by atoms with Gasteiger partial charge in [0.25, 0.3) is 5.91 Å². The van der Waals surface area contributed by atoms with E-state index < -0.39 is 0 Å². The van der Waals surface area contributed by atoms with Gasteiger partial charge in [0.15, 0.2) is 0 Å². The number of nitrogens with zero attached hydrogens (tertiary/aromatic N) is 2. The molecule has 1 aromatic heterocycles. The SMILES string of the molecule is CSCN1c2cc(Cl)ccc2NC(=O)c2cccnc21. The summed E-state index contributed by atoms with van der Waals surface area (Å²) in [7, 11) is 0. The van der Waals surface area contributed by atoms with E-state index >= 15 is 0 Å². The molecule has 0 radical (unpaired) electrons. The molecule has 4 nitrogen and oxygen atoms in total. The summed E-state index contributed by atoms with van der Waals surface area (Å²) < 4.78 is 0. The highest BCUT2D eigenvalue weighted by Gasteiger charge is 2.25. The minimum atomic E-state index is -0.153. The van der Waals surface area contributed by atoms with Gasteiger partial charge < -0.3 is 10.2 Å². The average Bonchev–Trinajstić information content (AvgIpc) is 2.57. The monoisotopic (exact) mass is 305 g/mol. The number of hydrogen-bond acceptors (Lipinski definition) is 4. The van der Waals surface area contributed by atoms with Crippen molar-refractivity contribution in [1.82, 2.24) is 4.98 Å². The van der Waals surface area contributed by atoms with Crippen LogP contribution >= 0.6 is 23.4 Å². The molecule has 20 heavy (non-hydrogen) atoms. The van der Waals surface area contributed by atoms with Crippen LogP contribution in [0.4, 0.5) is 17.2 Å². The van der Waals surface area contributed by atoms with Crippen molar-refractivity contribution in [2.45, 2.75) is 0 Å². The molecule has 0 aliphatic carbocycles. The smallest absolute Gasteiger partial charge is 0.259 e. The average molecular weight is 306 g/mol. The number of hydrogen-bond donors (Lipinski definition) is 1. The molecule has 1 aromatic carbocycles. The number of halogens is 1. The van der Waals surface area contributed by atoms with Crippen LogP contribution in [0, 0.1) is 0 Å². The second kappa shape index (κ2) is 5.34. The quantitative estimate of drug-likeness (QED) is 0.917. The van der Waals surface area contributed by atoms with Gasteiger partial charge >= 0.3 is 0 Å². The fourth-order valence-electron chi connectivity index (χ4n) is 2.19. The van der Waals surface area contributed by atoms with Gasteiger partial charge in [-0.25, -0.2) is 4.98 Å². The molecule has 3 rings (SSSR count). The van der Waals surface area contributed by atoms with Gasteiger partial charge in [0, 0.05) is 11.2 Å². The van der Waals surface area contributed by atoms with E-state index in [-0.39, 0.29) is 5.91 Å². The Kier molecular flexibility index (Phi) is 3.54. The maximum atomic E-state index is 12.3. The van der Waals surface area contributed by atoms with Gasteiger partial charge in [0.05, 0.1) is 22.8 Å². The van der Waals surface area contributed by atoms with Crippen LogP contribution in [0.25, 0.3) is 0 Å². The molecule has 0 atom stereocenters. The van der Waals surface area contributed by atoms with E-state index in [0.29, 0.717) is 22.3 Å². The maximum absolute atomic E-state index is 12.3. The van der Waals surface area contributed by atoms with Crippen LogP contribution < -0.4 is 10.2 Å². The summed E-state index contributed by atoms with van der Waals surface area (Å²) >= 11 is 7.75. The van der Waals surface area contributed by atoms with Gasteiger partial charge in [-0.1, -0.05) is 11.6 Å². The number of benzene rings is 1. The molecule has 6 heteroatoms. The normalized spacial score (nSPS) is 13.3. The Balaban J connectivity index is 2.24. The number of anilines is 3. The van der Waals surface area contributed by atoms with Crippen molar-refractivity contribution in [2.24, 2.45) is 0 Å². The number of carbonyl (C=O) groups is 1. The number of amides is 1. The first-order valence-corrected chi connectivity index (χ1v) is 7.80. The molecule has 0 fully saturated rings. The van der Waals surface area contributed by atoms with Gasteiger partial charge in [-0.05, 0) is 36.6 Å². The van der Waals surface area contributed by atoms with E-state index in [2.05, 4.69) is 10.3 Å². The van der Waals surface area contributed by atoms with Crippen LogP contribution in [-0.4, -0.2) is 23.0 Å². The molecule has 0 saturated heterocycles. The van der Waals surface area contributed by atoms with Crippen molar-refractivity contribution >= 4 is 46.5 Å². The minimum Gasteiger partial charge on any atom is -0.320 e. The molecule has 2 heterocycles. The molecular formula is C14H12ClN3OS. The molecule has 1 amide bonds. The summed E-state index contributed by atoms with van der Waals surface area (Å²) in [5, 5.41) is 3.53. The van der Waals surface area contributed by atoms with Crippen LogP contribution in [-0.2, 0) is 0 Å². The van der Waals surface area contributed by atoms with Crippen LogP contribution in [0.15, 0.2) is 36.5 Å². The zero-order valence-corrected chi connectivity index (χ0v) is 12.3. The summed E-state index contributed by atoms with van der Waals surface area (Å²) in [6.07, 6.45) is 3.70. The topological polar surface area (TPSA) is 45.2 Å². The highest BCUT2D eigenvalue weighted by Crippen LogP contribution is 2.38. The van der Waals surface area contributed by atoms with Crippen molar-refractivity contribution in [2.75, 3.05) is 22.3 Å². The molecule has 102 valence electrons. The second-order valence-corrected chi connectivity index (χ2v) is 5.61. The maximum Gasteiger partial charge on any atom is 0.259 e. The summed E-state index contributed by atoms with van der Waals surface area (Å²) in [4.78, 5) is 18.7. The third kappa shape index (κ3) is 2.23. The van der Waals surface area contributed by atoms with Crippen LogP contribution in [0.1, 0.15) is 10.4 Å². The predicted molar refractivity (Wildman–Crippen MR) is 84.2 cm³/mol. The Morgan fingerprint density at radius 2 is 2.25 bits per heavy atom. The van der Waals surface area contributed by atoms with Crippen molar-refractivity contribution < 1.29 is 4.79 Å². The molecule has 0 saturated carbocycles. The lowest BCUT2D eigenvalue weighted by atomic mass is 10.2. The number of rotatable bonds is 2. The Morgan fingerprint density at radius 1 is 1.40 bits per heavy atom. The third-order valence-electron chi connectivity index (χ3n) is 3.04. The predicted octanol–water partition coefficient (Wildman–Crippen LogP) is 3.76. The first-order chi connectivity index (χ1) is 9.70. The minimum absolute atomic E-state index is 0.153. The molecule has 1 N–H and O–H groups in total. The van der Waals surface area contributed by atoms with Gasteiger partial charge in [-0.15, -0.1) is 11.8 Å². The van der Waals surface area contributed by atoms with Gasteiger partial charge in [-0.3, -0.25) is 4.79 Å². The van der Waals surface area contributed by atoms with E-state index in [0.717, 1.165) is 11.4 Å². The standard InChI is InChI=1S/C14H12ClN3OS/c1-20-8-18-12-7-9(15)4-5-11(12)17-14(19)10-3-2-6-16-13(10)18/h2-7H,8H2,1H3,(H,17,19). The summed E-state index contributed by atoms with van der Waals surface area (Å²) in [5.41, 5.74) is 2.16. The van der Waals surface area contributed by atoms with E-state index in [1.54, 1.807) is 36.2 Å².